The van der Waals surface area contributed by atoms with E-state index in [-0.39, 0.29) is 43.5 Å². The zero-order valence-corrected chi connectivity index (χ0v) is 18.8. The fraction of sp³-hybridized carbons (Fsp3) is 0.423. The third-order valence-electron chi connectivity index (χ3n) is 7.49. The van der Waals surface area contributed by atoms with E-state index in [4.69, 9.17) is 9.84 Å². The Kier molecular flexibility index (Phi) is 5.77. The standard InChI is InChI=1S/C26H28N2O6/c29-10-9-28(14-23(30)31)24(32)26-12-16(26)11-17(13-26)27-25(33)34-15-22-20-7-3-1-5-18(20)19-6-2-4-8-21(19)22/h1-8,16-17,22,29H,9-15H2,(H,27,33)(H,30,31)/t16-,17+,26+/m1/s1. The number of carbonyl (C=O) groups excluding carboxylic acids is 2. The largest absolute Gasteiger partial charge is 0.480 e. The molecule has 2 saturated carbocycles. The van der Waals surface area contributed by atoms with E-state index in [1.165, 1.54) is 4.90 Å². The molecular weight excluding hydrogens is 436 g/mol. The highest BCUT2D eigenvalue weighted by atomic mass is 16.5. The zero-order valence-electron chi connectivity index (χ0n) is 18.8. The summed E-state index contributed by atoms with van der Waals surface area (Å²) in [5.74, 6) is -1.26. The van der Waals surface area contributed by atoms with Gasteiger partial charge in [-0.25, -0.2) is 4.79 Å². The summed E-state index contributed by atoms with van der Waals surface area (Å²) in [6, 6.07) is 16.1. The minimum Gasteiger partial charge on any atom is -0.480 e. The number of carboxylic acids is 1. The van der Waals surface area contributed by atoms with E-state index in [0.29, 0.717) is 19.3 Å². The van der Waals surface area contributed by atoms with E-state index in [9.17, 15) is 19.5 Å². The quantitative estimate of drug-likeness (QED) is 0.553. The Bertz CT molecular complexity index is 1090. The molecule has 0 spiro atoms. The molecule has 178 valence electrons. The fourth-order valence-electron chi connectivity index (χ4n) is 5.92. The minimum atomic E-state index is -1.11. The highest BCUT2D eigenvalue weighted by molar-refractivity contribution is 5.89. The summed E-state index contributed by atoms with van der Waals surface area (Å²) >= 11 is 0. The van der Waals surface area contributed by atoms with Gasteiger partial charge in [-0.15, -0.1) is 0 Å². The molecule has 2 aromatic rings. The molecule has 8 heteroatoms. The van der Waals surface area contributed by atoms with Crippen LogP contribution in [0.1, 0.15) is 36.3 Å². The number of nitrogens with zero attached hydrogens (tertiary/aromatic N) is 1. The topological polar surface area (TPSA) is 116 Å². The summed E-state index contributed by atoms with van der Waals surface area (Å²) < 4.78 is 5.63. The molecular formula is C26H28N2O6. The van der Waals surface area contributed by atoms with Crippen LogP contribution in [0.2, 0.25) is 0 Å². The Morgan fingerprint density at radius 1 is 1.03 bits per heavy atom. The number of alkyl carbamates (subject to hydrolysis) is 1. The lowest BCUT2D eigenvalue weighted by Crippen LogP contribution is -2.43. The lowest BCUT2D eigenvalue weighted by atomic mass is 9.98. The van der Waals surface area contributed by atoms with E-state index in [0.717, 1.165) is 22.3 Å². The van der Waals surface area contributed by atoms with Gasteiger partial charge >= 0.3 is 12.1 Å². The first-order valence-electron chi connectivity index (χ1n) is 11.7. The van der Waals surface area contributed by atoms with Crippen molar-refractivity contribution in [3.63, 3.8) is 0 Å². The first kappa shape index (κ1) is 22.4. The molecule has 0 aliphatic heterocycles. The van der Waals surface area contributed by atoms with E-state index >= 15 is 0 Å². The molecule has 8 nitrogen and oxygen atoms in total. The van der Waals surface area contributed by atoms with Gasteiger partial charge in [-0.3, -0.25) is 9.59 Å². The Balaban J connectivity index is 1.19. The van der Waals surface area contributed by atoms with Gasteiger partial charge in [0.15, 0.2) is 0 Å². The molecule has 2 aromatic carbocycles. The molecule has 0 aromatic heterocycles. The fourth-order valence-corrected chi connectivity index (χ4v) is 5.92. The van der Waals surface area contributed by atoms with Crippen molar-refractivity contribution < 1.29 is 29.3 Å². The number of aliphatic hydroxyl groups is 1. The first-order valence-corrected chi connectivity index (χ1v) is 11.7. The van der Waals surface area contributed by atoms with Gasteiger partial charge in [-0.05, 0) is 47.4 Å². The van der Waals surface area contributed by atoms with Crippen LogP contribution in [0.25, 0.3) is 11.1 Å². The van der Waals surface area contributed by atoms with Crippen LogP contribution in [-0.4, -0.2) is 65.4 Å². The molecule has 2 amide bonds. The van der Waals surface area contributed by atoms with Crippen molar-refractivity contribution in [3.05, 3.63) is 59.7 Å². The molecule has 0 bridgehead atoms. The number of hydrogen-bond acceptors (Lipinski definition) is 5. The van der Waals surface area contributed by atoms with Crippen molar-refractivity contribution >= 4 is 18.0 Å². The average molecular weight is 465 g/mol. The van der Waals surface area contributed by atoms with Crippen molar-refractivity contribution in [2.75, 3.05) is 26.3 Å². The van der Waals surface area contributed by atoms with Crippen molar-refractivity contribution in [2.45, 2.75) is 31.2 Å². The normalized spacial score (nSPS) is 24.0. The predicted octanol–water partition coefficient (Wildman–Crippen LogP) is 2.60. The maximum Gasteiger partial charge on any atom is 0.407 e. The summed E-state index contributed by atoms with van der Waals surface area (Å²) in [4.78, 5) is 37.9. The highest BCUT2D eigenvalue weighted by Gasteiger charge is 2.66. The zero-order chi connectivity index (χ0) is 23.9. The van der Waals surface area contributed by atoms with Gasteiger partial charge in [-0.1, -0.05) is 48.5 Å². The Hall–Kier alpha value is -3.39. The number of hydrogen-bond donors (Lipinski definition) is 3. The first-order chi connectivity index (χ1) is 16.4. The smallest absolute Gasteiger partial charge is 0.407 e. The second-order valence-electron chi connectivity index (χ2n) is 9.51. The van der Waals surface area contributed by atoms with Crippen LogP contribution in [0, 0.1) is 11.3 Å². The Morgan fingerprint density at radius 3 is 2.29 bits per heavy atom. The number of fused-ring (bicyclic) bond motifs is 4. The van der Waals surface area contributed by atoms with Crippen molar-refractivity contribution in [1.82, 2.24) is 10.2 Å². The van der Waals surface area contributed by atoms with E-state index in [1.54, 1.807) is 0 Å². The van der Waals surface area contributed by atoms with Gasteiger partial charge in [0.2, 0.25) is 5.91 Å². The summed E-state index contributed by atoms with van der Waals surface area (Å²) in [5, 5.41) is 21.2. The second kappa shape index (κ2) is 8.76. The molecule has 3 aliphatic rings. The van der Waals surface area contributed by atoms with Gasteiger partial charge in [0.25, 0.3) is 0 Å². The highest BCUT2D eigenvalue weighted by Crippen LogP contribution is 2.64. The molecule has 0 radical (unpaired) electrons. The lowest BCUT2D eigenvalue weighted by molar-refractivity contribution is -0.147. The van der Waals surface area contributed by atoms with Crippen LogP contribution < -0.4 is 5.32 Å². The van der Waals surface area contributed by atoms with Crippen LogP contribution in [-0.2, 0) is 14.3 Å². The van der Waals surface area contributed by atoms with Gasteiger partial charge in [-0.2, -0.15) is 0 Å². The van der Waals surface area contributed by atoms with E-state index < -0.39 is 24.0 Å². The number of carbonyl (C=O) groups is 3. The van der Waals surface area contributed by atoms with Gasteiger partial charge in [0, 0.05) is 18.5 Å². The molecule has 2 fully saturated rings. The van der Waals surface area contributed by atoms with Gasteiger partial charge in [0.1, 0.15) is 13.2 Å². The molecule has 3 aliphatic carbocycles. The summed E-state index contributed by atoms with van der Waals surface area (Å²) in [7, 11) is 0. The molecule has 0 heterocycles. The number of rotatable bonds is 8. The van der Waals surface area contributed by atoms with Crippen molar-refractivity contribution in [3.8, 4) is 11.1 Å². The summed E-state index contributed by atoms with van der Waals surface area (Å²) in [6.45, 7) is -0.507. The third-order valence-corrected chi connectivity index (χ3v) is 7.49. The number of carboxylic acid groups (broad SMARTS) is 1. The predicted molar refractivity (Wildman–Crippen MR) is 123 cm³/mol. The molecule has 5 rings (SSSR count). The van der Waals surface area contributed by atoms with Gasteiger partial charge < -0.3 is 25.2 Å². The number of nitrogens with one attached hydrogen (secondary N) is 1. The van der Waals surface area contributed by atoms with Crippen LogP contribution in [0.3, 0.4) is 0 Å². The van der Waals surface area contributed by atoms with E-state index in [2.05, 4.69) is 29.6 Å². The lowest BCUT2D eigenvalue weighted by Gasteiger charge is -2.25. The molecule has 0 unspecified atom stereocenters. The number of ether oxygens (including phenoxy) is 1. The molecule has 0 saturated heterocycles. The third kappa shape index (κ3) is 3.92. The number of aliphatic carboxylic acids is 1. The van der Waals surface area contributed by atoms with Gasteiger partial charge in [0.05, 0.1) is 12.0 Å². The van der Waals surface area contributed by atoms with Crippen molar-refractivity contribution in [2.24, 2.45) is 11.3 Å². The van der Waals surface area contributed by atoms with E-state index in [1.807, 2.05) is 24.3 Å². The van der Waals surface area contributed by atoms with Crippen LogP contribution >= 0.6 is 0 Å². The molecule has 34 heavy (non-hydrogen) atoms. The van der Waals surface area contributed by atoms with Crippen LogP contribution in [0.15, 0.2) is 48.5 Å². The molecule has 3 atom stereocenters. The SMILES string of the molecule is O=C(O)CN(CCO)C(=O)[C@@]12C[C@@H](NC(=O)OCC3c4ccccc4-c4ccccc43)C[C@@H]1C2. The minimum absolute atomic E-state index is 0.00984. The maximum atomic E-state index is 13.0. The second-order valence-corrected chi connectivity index (χ2v) is 9.51. The van der Waals surface area contributed by atoms with Crippen molar-refractivity contribution in [1.29, 1.82) is 0 Å². The number of amides is 2. The monoisotopic (exact) mass is 464 g/mol. The number of aliphatic hydroxyl groups excluding tert-OH is 1. The summed E-state index contributed by atoms with van der Waals surface area (Å²) in [5.41, 5.74) is 3.98. The Labute approximate surface area is 197 Å². The number of benzene rings is 2. The average Bonchev–Trinajstić information content (AvgIpc) is 3.25. The van der Waals surface area contributed by atoms with Crippen LogP contribution in [0.5, 0.6) is 0 Å². The summed E-state index contributed by atoms with van der Waals surface area (Å²) in [6.07, 6.45) is 1.31. The maximum absolute atomic E-state index is 13.0. The Morgan fingerprint density at radius 2 is 1.68 bits per heavy atom. The molecule has 3 N–H and O–H groups in total. The van der Waals surface area contributed by atoms with Crippen LogP contribution in [0.4, 0.5) is 4.79 Å².